The Labute approximate surface area is 132 Å². The summed E-state index contributed by atoms with van der Waals surface area (Å²) in [4.78, 5) is 6.79. The second-order valence-corrected chi connectivity index (χ2v) is 6.73. The first-order valence-electron chi connectivity index (χ1n) is 8.54. The highest BCUT2D eigenvalue weighted by Crippen LogP contribution is 2.36. The van der Waals surface area contributed by atoms with Gasteiger partial charge in [-0.2, -0.15) is 5.10 Å². The van der Waals surface area contributed by atoms with Crippen LogP contribution in [0.4, 0.5) is 0 Å². The number of benzene rings is 1. The second kappa shape index (κ2) is 6.21. The van der Waals surface area contributed by atoms with E-state index in [0.29, 0.717) is 12.0 Å². The number of nitrogens with zero attached hydrogens (tertiary/aromatic N) is 4. The average Bonchev–Trinajstić information content (AvgIpc) is 3.07. The molecule has 0 bridgehead atoms. The van der Waals surface area contributed by atoms with E-state index in [0.717, 1.165) is 6.54 Å². The van der Waals surface area contributed by atoms with E-state index in [1.54, 1.807) is 17.5 Å². The van der Waals surface area contributed by atoms with Crippen molar-refractivity contribution in [1.29, 1.82) is 0 Å². The zero-order valence-corrected chi connectivity index (χ0v) is 13.1. The molecule has 1 saturated heterocycles. The van der Waals surface area contributed by atoms with Crippen molar-refractivity contribution >= 4 is 0 Å². The van der Waals surface area contributed by atoms with Crippen molar-refractivity contribution in [3.8, 4) is 0 Å². The number of rotatable bonds is 3. The van der Waals surface area contributed by atoms with Crippen molar-refractivity contribution in [1.82, 2.24) is 19.7 Å². The predicted molar refractivity (Wildman–Crippen MR) is 86.4 cm³/mol. The number of piperidine rings is 1. The molecule has 2 heterocycles. The predicted octanol–water partition coefficient (Wildman–Crippen LogP) is 3.07. The van der Waals surface area contributed by atoms with Gasteiger partial charge in [0.05, 0.1) is 0 Å². The van der Waals surface area contributed by atoms with Crippen molar-refractivity contribution in [3.05, 3.63) is 48.0 Å². The minimum atomic E-state index is 0.628. The minimum absolute atomic E-state index is 0.628. The molecule has 0 amide bonds. The van der Waals surface area contributed by atoms with Crippen LogP contribution >= 0.6 is 0 Å². The Balaban J connectivity index is 1.48. The van der Waals surface area contributed by atoms with Crippen LogP contribution in [0.1, 0.15) is 42.9 Å². The van der Waals surface area contributed by atoms with Gasteiger partial charge in [0, 0.05) is 19.1 Å². The van der Waals surface area contributed by atoms with Crippen LogP contribution in [-0.4, -0.2) is 32.8 Å². The first-order chi connectivity index (χ1) is 10.9. The Hall–Kier alpha value is -1.68. The van der Waals surface area contributed by atoms with Gasteiger partial charge >= 0.3 is 0 Å². The zero-order valence-electron chi connectivity index (χ0n) is 13.1. The van der Waals surface area contributed by atoms with Gasteiger partial charge in [0.25, 0.3) is 0 Å². The molecule has 2 aliphatic rings. The smallest absolute Gasteiger partial charge is 0.137 e. The SMILES string of the molecule is c1ccc2c(c1)CCC[C@@H]2N1CCC[C@@H](Cn2cncn2)C1. The fraction of sp³-hybridized carbons (Fsp3) is 0.556. The lowest BCUT2D eigenvalue weighted by Gasteiger charge is -2.41. The molecule has 2 atom stereocenters. The van der Waals surface area contributed by atoms with Gasteiger partial charge in [-0.1, -0.05) is 24.3 Å². The van der Waals surface area contributed by atoms with E-state index < -0.39 is 0 Å². The number of likely N-dealkylation sites (tertiary alicyclic amines) is 1. The molecule has 116 valence electrons. The third-order valence-electron chi connectivity index (χ3n) is 5.24. The summed E-state index contributed by atoms with van der Waals surface area (Å²) in [5.41, 5.74) is 3.15. The Kier molecular flexibility index (Phi) is 3.94. The molecule has 0 radical (unpaired) electrons. The lowest BCUT2D eigenvalue weighted by atomic mass is 9.85. The second-order valence-electron chi connectivity index (χ2n) is 6.73. The third-order valence-corrected chi connectivity index (χ3v) is 5.24. The van der Waals surface area contributed by atoms with Gasteiger partial charge < -0.3 is 0 Å². The molecule has 0 unspecified atom stereocenters. The van der Waals surface area contributed by atoms with E-state index in [1.165, 1.54) is 45.2 Å². The van der Waals surface area contributed by atoms with E-state index in [4.69, 9.17) is 0 Å². The summed E-state index contributed by atoms with van der Waals surface area (Å²) < 4.78 is 1.99. The van der Waals surface area contributed by atoms with E-state index in [2.05, 4.69) is 39.2 Å². The molecule has 0 saturated carbocycles. The summed E-state index contributed by atoms with van der Waals surface area (Å²) >= 11 is 0. The number of hydrogen-bond donors (Lipinski definition) is 0. The summed E-state index contributed by atoms with van der Waals surface area (Å²) in [5.74, 6) is 0.699. The van der Waals surface area contributed by atoms with Crippen molar-refractivity contribution < 1.29 is 0 Å². The summed E-state index contributed by atoms with van der Waals surface area (Å²) in [6.07, 6.45) is 9.98. The molecule has 1 aromatic heterocycles. The van der Waals surface area contributed by atoms with Crippen LogP contribution in [0.2, 0.25) is 0 Å². The fourth-order valence-corrected chi connectivity index (χ4v) is 4.23. The molecular formula is C18H24N4. The fourth-order valence-electron chi connectivity index (χ4n) is 4.23. The van der Waals surface area contributed by atoms with Crippen molar-refractivity contribution in [2.45, 2.75) is 44.7 Å². The summed E-state index contributed by atoms with van der Waals surface area (Å²) in [6.45, 7) is 3.44. The number of aromatic nitrogens is 3. The van der Waals surface area contributed by atoms with Crippen LogP contribution in [0, 0.1) is 5.92 Å². The van der Waals surface area contributed by atoms with Gasteiger partial charge in [0.2, 0.25) is 0 Å². The third kappa shape index (κ3) is 2.80. The van der Waals surface area contributed by atoms with Gasteiger partial charge in [-0.3, -0.25) is 9.58 Å². The highest BCUT2D eigenvalue weighted by molar-refractivity contribution is 5.32. The van der Waals surface area contributed by atoms with Gasteiger partial charge in [-0.05, 0) is 55.7 Å². The van der Waals surface area contributed by atoms with Crippen LogP contribution in [-0.2, 0) is 13.0 Å². The zero-order chi connectivity index (χ0) is 14.8. The maximum absolute atomic E-state index is 4.27. The topological polar surface area (TPSA) is 34.0 Å². The van der Waals surface area contributed by atoms with Crippen molar-refractivity contribution in [2.75, 3.05) is 13.1 Å². The van der Waals surface area contributed by atoms with Crippen molar-refractivity contribution in [3.63, 3.8) is 0 Å². The number of fused-ring (bicyclic) bond motifs is 1. The maximum Gasteiger partial charge on any atom is 0.137 e. The quantitative estimate of drug-likeness (QED) is 0.873. The standard InChI is InChI=1S/C18H24N4/c1-2-8-17-16(6-1)7-3-9-18(17)21-10-4-5-15(11-21)12-22-14-19-13-20-22/h1-2,6,8,13-15,18H,3-5,7,9-12H2/t15-,18+/m1/s1. The van der Waals surface area contributed by atoms with Gasteiger partial charge in [-0.15, -0.1) is 0 Å². The normalized spacial score (nSPS) is 25.8. The number of aryl methyl sites for hydroxylation is 1. The first-order valence-corrected chi connectivity index (χ1v) is 8.54. The van der Waals surface area contributed by atoms with Crippen LogP contribution in [0.5, 0.6) is 0 Å². The molecule has 4 nitrogen and oxygen atoms in total. The first kappa shape index (κ1) is 13.9. The lowest BCUT2D eigenvalue weighted by molar-refractivity contribution is 0.103. The lowest BCUT2D eigenvalue weighted by Crippen LogP contribution is -2.40. The molecule has 1 aromatic carbocycles. The molecule has 4 rings (SSSR count). The minimum Gasteiger partial charge on any atom is -0.296 e. The van der Waals surface area contributed by atoms with Crippen molar-refractivity contribution in [2.24, 2.45) is 5.92 Å². The van der Waals surface area contributed by atoms with Crippen LogP contribution in [0.15, 0.2) is 36.9 Å². The molecule has 2 aromatic rings. The van der Waals surface area contributed by atoms with Crippen LogP contribution in [0.3, 0.4) is 0 Å². The highest BCUT2D eigenvalue weighted by atomic mass is 15.3. The molecule has 0 spiro atoms. The Morgan fingerprint density at radius 2 is 2.09 bits per heavy atom. The van der Waals surface area contributed by atoms with E-state index in [-0.39, 0.29) is 0 Å². The van der Waals surface area contributed by atoms with Gasteiger partial charge in [-0.25, -0.2) is 4.98 Å². The van der Waals surface area contributed by atoms with E-state index in [1.807, 2.05) is 11.0 Å². The molecule has 1 aliphatic carbocycles. The largest absolute Gasteiger partial charge is 0.296 e. The summed E-state index contributed by atoms with van der Waals surface area (Å²) in [5, 5.41) is 4.27. The molecule has 22 heavy (non-hydrogen) atoms. The monoisotopic (exact) mass is 296 g/mol. The Morgan fingerprint density at radius 1 is 1.14 bits per heavy atom. The Morgan fingerprint density at radius 3 is 3.00 bits per heavy atom. The van der Waals surface area contributed by atoms with Crippen LogP contribution < -0.4 is 0 Å². The van der Waals surface area contributed by atoms with Gasteiger partial charge in [0.15, 0.2) is 0 Å². The van der Waals surface area contributed by atoms with Gasteiger partial charge in [0.1, 0.15) is 12.7 Å². The summed E-state index contributed by atoms with van der Waals surface area (Å²) in [7, 11) is 0. The molecule has 4 heteroatoms. The average molecular weight is 296 g/mol. The number of hydrogen-bond acceptors (Lipinski definition) is 3. The highest BCUT2D eigenvalue weighted by Gasteiger charge is 2.29. The van der Waals surface area contributed by atoms with E-state index >= 15 is 0 Å². The maximum atomic E-state index is 4.27. The van der Waals surface area contributed by atoms with E-state index in [9.17, 15) is 0 Å². The molecule has 0 N–H and O–H groups in total. The molecular weight excluding hydrogens is 272 g/mol. The summed E-state index contributed by atoms with van der Waals surface area (Å²) in [6, 6.07) is 9.68. The molecule has 1 fully saturated rings. The van der Waals surface area contributed by atoms with Crippen LogP contribution in [0.25, 0.3) is 0 Å². The molecule has 1 aliphatic heterocycles. The Bertz CT molecular complexity index is 607.